The van der Waals surface area contributed by atoms with Crippen LogP contribution in [0, 0.1) is 5.92 Å². The Labute approximate surface area is 189 Å². The first kappa shape index (κ1) is 26.1. The summed E-state index contributed by atoms with van der Waals surface area (Å²) in [5.74, 6) is -0.260. The Balaban J connectivity index is 2.86. The first-order valence-electron chi connectivity index (χ1n) is 10.4. The van der Waals surface area contributed by atoms with Crippen LogP contribution in [0.5, 0.6) is 0 Å². The number of halogens is 2. The highest BCUT2D eigenvalue weighted by atomic mass is 35.5. The van der Waals surface area contributed by atoms with Crippen molar-refractivity contribution in [2.75, 3.05) is 26.0 Å². The molecule has 1 aromatic rings. The number of benzene rings is 1. The monoisotopic (exact) mass is 461 g/mol. The van der Waals surface area contributed by atoms with Crippen molar-refractivity contribution in [3.8, 4) is 0 Å². The van der Waals surface area contributed by atoms with Gasteiger partial charge in [0.1, 0.15) is 0 Å². The third-order valence-electron chi connectivity index (χ3n) is 4.71. The molecule has 0 saturated heterocycles. The summed E-state index contributed by atoms with van der Waals surface area (Å²) >= 11 is 13.6. The normalized spacial score (nSPS) is 11.9. The fourth-order valence-corrected chi connectivity index (χ4v) is 4.34. The van der Waals surface area contributed by atoms with Crippen LogP contribution in [0.25, 0.3) is 0 Å². The minimum absolute atomic E-state index is 0.0372. The lowest BCUT2D eigenvalue weighted by molar-refractivity contribution is -0.146. The molecule has 0 N–H and O–H groups in total. The van der Waals surface area contributed by atoms with E-state index in [0.717, 1.165) is 56.5 Å². The van der Waals surface area contributed by atoms with Crippen LogP contribution in [0.2, 0.25) is 10.0 Å². The molecule has 0 aromatic heterocycles. The lowest BCUT2D eigenvalue weighted by Gasteiger charge is -2.27. The zero-order valence-electron chi connectivity index (χ0n) is 17.7. The predicted molar refractivity (Wildman–Crippen MR) is 123 cm³/mol. The average molecular weight is 462 g/mol. The van der Waals surface area contributed by atoms with Gasteiger partial charge in [-0.25, -0.2) is 0 Å². The zero-order valence-corrected chi connectivity index (χ0v) is 20.0. The second kappa shape index (κ2) is 15.0. The first-order valence-corrected chi connectivity index (χ1v) is 12.1. The molecule has 1 rings (SSSR count). The molecule has 1 amide bonds. The smallest absolute Gasteiger partial charge is 0.306 e. The SMILES string of the molecule is CCCCCN(CCCCC)C(=O)C(CSc1ccc(Cl)c(Cl)c1)CC(=O)OC. The summed E-state index contributed by atoms with van der Waals surface area (Å²) in [6.07, 6.45) is 6.46. The second-order valence-corrected chi connectivity index (χ2v) is 9.01. The molecular weight excluding hydrogens is 429 g/mol. The van der Waals surface area contributed by atoms with Gasteiger partial charge in [-0.15, -0.1) is 11.8 Å². The summed E-state index contributed by atoms with van der Waals surface area (Å²) in [7, 11) is 1.36. The number of esters is 1. The Bertz CT molecular complexity index is 632. The van der Waals surface area contributed by atoms with E-state index in [1.54, 1.807) is 12.1 Å². The first-order chi connectivity index (χ1) is 13.9. The third kappa shape index (κ3) is 10.1. The second-order valence-electron chi connectivity index (χ2n) is 7.10. The summed E-state index contributed by atoms with van der Waals surface area (Å²) in [6.45, 7) is 5.78. The molecule has 0 heterocycles. The highest BCUT2D eigenvalue weighted by molar-refractivity contribution is 7.99. The van der Waals surface area contributed by atoms with Crippen molar-refractivity contribution < 1.29 is 14.3 Å². The molecular formula is C22H33Cl2NO3S. The summed E-state index contributed by atoms with van der Waals surface area (Å²) in [4.78, 5) is 28.1. The van der Waals surface area contributed by atoms with E-state index in [9.17, 15) is 9.59 Å². The van der Waals surface area contributed by atoms with Gasteiger partial charge in [-0.05, 0) is 31.0 Å². The molecule has 1 aromatic carbocycles. The van der Waals surface area contributed by atoms with Crippen LogP contribution >= 0.6 is 35.0 Å². The summed E-state index contributed by atoms with van der Waals surface area (Å²) in [6, 6.07) is 5.40. The summed E-state index contributed by atoms with van der Waals surface area (Å²) in [5.41, 5.74) is 0. The number of thioether (sulfide) groups is 1. The van der Waals surface area contributed by atoms with E-state index >= 15 is 0 Å². The van der Waals surface area contributed by atoms with Gasteiger partial charge in [-0.1, -0.05) is 62.7 Å². The van der Waals surface area contributed by atoms with Gasteiger partial charge in [0.05, 0.1) is 29.5 Å². The molecule has 29 heavy (non-hydrogen) atoms. The Morgan fingerprint density at radius 2 is 1.66 bits per heavy atom. The van der Waals surface area contributed by atoms with Gasteiger partial charge < -0.3 is 9.64 Å². The molecule has 0 saturated carbocycles. The number of hydrogen-bond acceptors (Lipinski definition) is 4. The lowest BCUT2D eigenvalue weighted by atomic mass is 10.1. The number of rotatable bonds is 14. The van der Waals surface area contributed by atoms with Crippen LogP contribution in [0.1, 0.15) is 58.8 Å². The van der Waals surface area contributed by atoms with E-state index in [-0.39, 0.29) is 18.3 Å². The van der Waals surface area contributed by atoms with E-state index in [1.807, 2.05) is 11.0 Å². The molecule has 4 nitrogen and oxygen atoms in total. The Morgan fingerprint density at radius 1 is 1.03 bits per heavy atom. The van der Waals surface area contributed by atoms with Crippen molar-refractivity contribution in [1.82, 2.24) is 4.90 Å². The minimum atomic E-state index is -0.426. The van der Waals surface area contributed by atoms with Crippen molar-refractivity contribution in [2.24, 2.45) is 5.92 Å². The Morgan fingerprint density at radius 3 is 2.17 bits per heavy atom. The van der Waals surface area contributed by atoms with Crippen molar-refractivity contribution in [3.05, 3.63) is 28.2 Å². The molecule has 0 radical (unpaired) electrons. The molecule has 0 aliphatic heterocycles. The van der Waals surface area contributed by atoms with Crippen LogP contribution in [0.3, 0.4) is 0 Å². The van der Waals surface area contributed by atoms with Crippen molar-refractivity contribution in [2.45, 2.75) is 63.7 Å². The largest absolute Gasteiger partial charge is 0.469 e. The number of hydrogen-bond donors (Lipinski definition) is 0. The number of nitrogens with zero attached hydrogens (tertiary/aromatic N) is 1. The maximum atomic E-state index is 13.3. The molecule has 164 valence electrons. The van der Waals surface area contributed by atoms with E-state index in [0.29, 0.717) is 15.8 Å². The topological polar surface area (TPSA) is 46.6 Å². The third-order valence-corrected chi connectivity index (χ3v) is 6.60. The number of carbonyl (C=O) groups is 2. The van der Waals surface area contributed by atoms with Crippen LogP contribution in [-0.2, 0) is 14.3 Å². The Hall–Kier alpha value is -0.910. The standard InChI is InChI=1S/C22H33Cl2NO3S/c1-4-6-8-12-25(13-9-7-5-2)22(27)17(14-21(26)28-3)16-29-18-10-11-19(23)20(24)15-18/h10-11,15,17H,4-9,12-14,16H2,1-3H3. The number of amides is 1. The van der Waals surface area contributed by atoms with E-state index in [1.165, 1.54) is 18.9 Å². The quantitative estimate of drug-likeness (QED) is 0.181. The molecule has 7 heteroatoms. The fraction of sp³-hybridized carbons (Fsp3) is 0.636. The molecule has 0 spiro atoms. The highest BCUT2D eigenvalue weighted by Crippen LogP contribution is 2.30. The molecule has 0 aliphatic carbocycles. The lowest BCUT2D eigenvalue weighted by Crippen LogP contribution is -2.39. The maximum Gasteiger partial charge on any atom is 0.306 e. The average Bonchev–Trinajstić information content (AvgIpc) is 2.71. The molecule has 1 atom stereocenters. The molecule has 0 fully saturated rings. The number of ether oxygens (including phenoxy) is 1. The Kier molecular flexibility index (Phi) is 13.5. The summed E-state index contributed by atoms with van der Waals surface area (Å²) in [5, 5.41) is 0.976. The van der Waals surface area contributed by atoms with Crippen LogP contribution in [-0.4, -0.2) is 42.7 Å². The molecule has 0 aliphatic rings. The van der Waals surface area contributed by atoms with Crippen LogP contribution in [0.4, 0.5) is 0 Å². The number of unbranched alkanes of at least 4 members (excludes halogenated alkanes) is 4. The highest BCUT2D eigenvalue weighted by Gasteiger charge is 2.27. The van der Waals surface area contributed by atoms with Gasteiger partial charge in [0.15, 0.2) is 0 Å². The van der Waals surface area contributed by atoms with Crippen LogP contribution < -0.4 is 0 Å². The van der Waals surface area contributed by atoms with Gasteiger partial charge in [-0.3, -0.25) is 9.59 Å². The summed E-state index contributed by atoms with van der Waals surface area (Å²) < 4.78 is 4.84. The van der Waals surface area contributed by atoms with E-state index in [4.69, 9.17) is 27.9 Å². The van der Waals surface area contributed by atoms with Gasteiger partial charge in [0.25, 0.3) is 0 Å². The fourth-order valence-electron chi connectivity index (χ4n) is 2.96. The van der Waals surface area contributed by atoms with Crippen molar-refractivity contribution >= 4 is 46.8 Å². The van der Waals surface area contributed by atoms with Crippen molar-refractivity contribution in [3.63, 3.8) is 0 Å². The van der Waals surface area contributed by atoms with Gasteiger partial charge in [0, 0.05) is 23.7 Å². The van der Waals surface area contributed by atoms with E-state index < -0.39 is 5.92 Å². The van der Waals surface area contributed by atoms with Gasteiger partial charge >= 0.3 is 5.97 Å². The van der Waals surface area contributed by atoms with Gasteiger partial charge in [-0.2, -0.15) is 0 Å². The predicted octanol–water partition coefficient (Wildman–Crippen LogP) is 6.47. The van der Waals surface area contributed by atoms with Crippen LogP contribution in [0.15, 0.2) is 23.1 Å². The molecule has 1 unspecified atom stereocenters. The zero-order chi connectivity index (χ0) is 21.6. The number of carbonyl (C=O) groups excluding carboxylic acids is 2. The van der Waals surface area contributed by atoms with E-state index in [2.05, 4.69) is 13.8 Å². The maximum absolute atomic E-state index is 13.3. The van der Waals surface area contributed by atoms with Crippen molar-refractivity contribution in [1.29, 1.82) is 0 Å². The van der Waals surface area contributed by atoms with Gasteiger partial charge in [0.2, 0.25) is 5.91 Å². The minimum Gasteiger partial charge on any atom is -0.469 e. The number of methoxy groups -OCH3 is 1. The molecule has 0 bridgehead atoms.